The summed E-state index contributed by atoms with van der Waals surface area (Å²) in [6.07, 6.45) is 11.9. The molecule has 28 heavy (non-hydrogen) atoms. The highest BCUT2D eigenvalue weighted by atomic mass is 19.2. The summed E-state index contributed by atoms with van der Waals surface area (Å²) in [6.45, 7) is 2.28. The Morgan fingerprint density at radius 3 is 2.54 bits per heavy atom. The van der Waals surface area contributed by atoms with Crippen molar-refractivity contribution in [2.24, 2.45) is 17.8 Å². The molecule has 0 N–H and O–H groups in total. The van der Waals surface area contributed by atoms with Gasteiger partial charge in [-0.1, -0.05) is 44.7 Å². The maximum Gasteiger partial charge on any atom is 0.201 e. The number of halogens is 2. The normalized spacial score (nSPS) is 27.6. The molecule has 0 bridgehead atoms. The molecule has 0 amide bonds. The molecule has 4 rings (SSSR count). The molecule has 1 nitrogen and oxygen atoms in total. The van der Waals surface area contributed by atoms with Gasteiger partial charge in [-0.3, -0.25) is 0 Å². The molecule has 0 aromatic heterocycles. The first-order valence-corrected chi connectivity index (χ1v) is 11.1. The Bertz CT molecular complexity index is 831. The van der Waals surface area contributed by atoms with E-state index in [2.05, 4.69) is 13.0 Å². The molecule has 2 unspecified atom stereocenters. The quantitative estimate of drug-likeness (QED) is 0.513. The van der Waals surface area contributed by atoms with E-state index in [1.807, 2.05) is 12.1 Å². The molecule has 0 radical (unpaired) electrons. The zero-order valence-corrected chi connectivity index (χ0v) is 17.1. The van der Waals surface area contributed by atoms with Crippen LogP contribution in [0.4, 0.5) is 8.78 Å². The molecular formula is C25H32F2O. The summed E-state index contributed by atoms with van der Waals surface area (Å²) < 4.78 is 33.7. The van der Waals surface area contributed by atoms with Crippen LogP contribution in [0.1, 0.15) is 76.2 Å². The van der Waals surface area contributed by atoms with Crippen molar-refractivity contribution in [1.29, 1.82) is 0 Å². The van der Waals surface area contributed by atoms with E-state index in [-0.39, 0.29) is 5.75 Å². The van der Waals surface area contributed by atoms with Crippen LogP contribution in [-0.2, 0) is 0 Å². The molecule has 2 aromatic rings. The van der Waals surface area contributed by atoms with Gasteiger partial charge in [-0.15, -0.1) is 0 Å². The van der Waals surface area contributed by atoms with Crippen LogP contribution in [0, 0.1) is 29.4 Å². The Labute approximate surface area is 167 Å². The number of rotatable bonds is 5. The fraction of sp³-hybridized carbons (Fsp3) is 0.600. The molecule has 2 saturated carbocycles. The van der Waals surface area contributed by atoms with Gasteiger partial charge in [-0.05, 0) is 78.9 Å². The molecule has 0 spiro atoms. The second-order valence-corrected chi connectivity index (χ2v) is 9.04. The average molecular weight is 387 g/mol. The lowest BCUT2D eigenvalue weighted by atomic mass is 9.63. The number of fused-ring (bicyclic) bond motifs is 2. The van der Waals surface area contributed by atoms with Gasteiger partial charge >= 0.3 is 0 Å². The smallest absolute Gasteiger partial charge is 0.201 e. The van der Waals surface area contributed by atoms with E-state index in [9.17, 15) is 8.78 Å². The summed E-state index contributed by atoms with van der Waals surface area (Å²) in [4.78, 5) is 0. The standard InChI is InChI=1S/C25H32F2O/c1-3-4-5-16-6-7-18-13-19(9-8-17(18)12-16)20-10-11-21-15-23(28-2)25(27)24(26)22(21)14-20/h10-11,14-19H,3-9,12-13H2,1-2H3/t16?,17-,18?,19-/m1/s1. The second kappa shape index (κ2) is 8.39. The van der Waals surface area contributed by atoms with Crippen LogP contribution in [0.15, 0.2) is 24.3 Å². The molecule has 2 aliphatic rings. The molecular weight excluding hydrogens is 354 g/mol. The lowest BCUT2D eigenvalue weighted by molar-refractivity contribution is 0.113. The number of ether oxygens (including phenoxy) is 1. The highest BCUT2D eigenvalue weighted by Crippen LogP contribution is 2.48. The molecule has 152 valence electrons. The molecule has 0 saturated heterocycles. The van der Waals surface area contributed by atoms with Gasteiger partial charge in [-0.2, -0.15) is 4.39 Å². The lowest BCUT2D eigenvalue weighted by Gasteiger charge is -2.42. The molecule has 0 heterocycles. The maximum absolute atomic E-state index is 14.6. The molecule has 3 heteroatoms. The van der Waals surface area contributed by atoms with Crippen molar-refractivity contribution in [2.45, 2.75) is 70.6 Å². The zero-order valence-electron chi connectivity index (χ0n) is 17.1. The van der Waals surface area contributed by atoms with E-state index in [1.54, 1.807) is 6.07 Å². The Hall–Kier alpha value is -1.64. The number of benzene rings is 2. The molecule has 2 aliphatic carbocycles. The SMILES string of the molecule is CCCCC1CCC2C[C@H](c3ccc4cc(OC)c(F)c(F)c4c3)CC[C@@H]2C1. The predicted octanol–water partition coefficient (Wildman–Crippen LogP) is 7.62. The Morgan fingerprint density at radius 1 is 0.964 bits per heavy atom. The number of methoxy groups -OCH3 is 1. The van der Waals surface area contributed by atoms with Crippen molar-refractivity contribution in [3.63, 3.8) is 0 Å². The van der Waals surface area contributed by atoms with E-state index < -0.39 is 11.6 Å². The van der Waals surface area contributed by atoms with Crippen LogP contribution >= 0.6 is 0 Å². The van der Waals surface area contributed by atoms with Gasteiger partial charge in [0.25, 0.3) is 0 Å². The minimum atomic E-state index is -0.888. The fourth-order valence-electron chi connectivity index (χ4n) is 5.77. The van der Waals surface area contributed by atoms with Crippen molar-refractivity contribution in [3.8, 4) is 5.75 Å². The highest BCUT2D eigenvalue weighted by Gasteiger charge is 2.35. The van der Waals surface area contributed by atoms with Gasteiger partial charge in [-0.25, -0.2) is 4.39 Å². The highest BCUT2D eigenvalue weighted by molar-refractivity contribution is 5.85. The van der Waals surface area contributed by atoms with Crippen LogP contribution < -0.4 is 4.74 Å². The minimum Gasteiger partial charge on any atom is -0.494 e. The minimum absolute atomic E-state index is 0.0295. The molecule has 4 atom stereocenters. The Morgan fingerprint density at radius 2 is 1.75 bits per heavy atom. The van der Waals surface area contributed by atoms with Crippen LogP contribution in [0.25, 0.3) is 10.8 Å². The monoisotopic (exact) mass is 386 g/mol. The summed E-state index contributed by atoms with van der Waals surface area (Å²) >= 11 is 0. The summed E-state index contributed by atoms with van der Waals surface area (Å²) in [7, 11) is 1.37. The first-order chi connectivity index (χ1) is 13.6. The van der Waals surface area contributed by atoms with Gasteiger partial charge in [0.2, 0.25) is 5.82 Å². The first kappa shape index (κ1) is 19.7. The summed E-state index contributed by atoms with van der Waals surface area (Å²) in [5.74, 6) is 1.39. The third kappa shape index (κ3) is 3.77. The second-order valence-electron chi connectivity index (χ2n) is 9.04. The Balaban J connectivity index is 1.50. The summed E-state index contributed by atoms with van der Waals surface area (Å²) in [5.41, 5.74) is 1.17. The van der Waals surface area contributed by atoms with E-state index in [0.717, 1.165) is 17.8 Å². The van der Waals surface area contributed by atoms with E-state index >= 15 is 0 Å². The van der Waals surface area contributed by atoms with Crippen LogP contribution in [0.3, 0.4) is 0 Å². The van der Waals surface area contributed by atoms with Crippen LogP contribution in [0.2, 0.25) is 0 Å². The number of hydrogen-bond acceptors (Lipinski definition) is 1. The van der Waals surface area contributed by atoms with Gasteiger partial charge < -0.3 is 4.74 Å². The lowest BCUT2D eigenvalue weighted by Crippen LogP contribution is -2.30. The van der Waals surface area contributed by atoms with Gasteiger partial charge in [0.1, 0.15) is 0 Å². The molecule has 2 fully saturated rings. The zero-order chi connectivity index (χ0) is 19.7. The third-order valence-corrected chi connectivity index (χ3v) is 7.39. The van der Waals surface area contributed by atoms with Crippen LogP contribution in [0.5, 0.6) is 5.75 Å². The Kier molecular flexibility index (Phi) is 5.89. The van der Waals surface area contributed by atoms with Gasteiger partial charge in [0.15, 0.2) is 11.6 Å². The van der Waals surface area contributed by atoms with Crippen molar-refractivity contribution < 1.29 is 13.5 Å². The van der Waals surface area contributed by atoms with Crippen molar-refractivity contribution in [1.82, 2.24) is 0 Å². The van der Waals surface area contributed by atoms with Crippen molar-refractivity contribution in [3.05, 3.63) is 41.5 Å². The van der Waals surface area contributed by atoms with Gasteiger partial charge in [0, 0.05) is 5.39 Å². The maximum atomic E-state index is 14.6. The average Bonchev–Trinajstić information content (AvgIpc) is 2.74. The van der Waals surface area contributed by atoms with E-state index in [1.165, 1.54) is 70.5 Å². The van der Waals surface area contributed by atoms with Crippen LogP contribution in [-0.4, -0.2) is 7.11 Å². The summed E-state index contributed by atoms with van der Waals surface area (Å²) in [5, 5.41) is 1.07. The molecule has 0 aliphatic heterocycles. The van der Waals surface area contributed by atoms with Gasteiger partial charge in [0.05, 0.1) is 7.11 Å². The summed E-state index contributed by atoms with van der Waals surface area (Å²) in [6, 6.07) is 7.50. The fourth-order valence-corrected chi connectivity index (χ4v) is 5.77. The van der Waals surface area contributed by atoms with E-state index in [0.29, 0.717) is 16.7 Å². The number of hydrogen-bond donors (Lipinski definition) is 0. The largest absolute Gasteiger partial charge is 0.494 e. The van der Waals surface area contributed by atoms with Crippen molar-refractivity contribution >= 4 is 10.8 Å². The first-order valence-electron chi connectivity index (χ1n) is 11.1. The van der Waals surface area contributed by atoms with E-state index in [4.69, 9.17) is 4.74 Å². The topological polar surface area (TPSA) is 9.23 Å². The van der Waals surface area contributed by atoms with Crippen molar-refractivity contribution in [2.75, 3.05) is 7.11 Å². The predicted molar refractivity (Wildman–Crippen MR) is 111 cm³/mol. The third-order valence-electron chi connectivity index (χ3n) is 7.39. The number of unbranched alkanes of at least 4 members (excludes halogenated alkanes) is 1. The molecule has 2 aromatic carbocycles.